The number of rotatable bonds is 0. The highest BCUT2D eigenvalue weighted by molar-refractivity contribution is 7.99. The van der Waals surface area contributed by atoms with E-state index in [9.17, 15) is 14.1 Å². The lowest BCUT2D eigenvalue weighted by Crippen LogP contribution is -2.49. The van der Waals surface area contributed by atoms with Gasteiger partial charge in [-0.25, -0.2) is 4.21 Å². The van der Waals surface area contributed by atoms with Gasteiger partial charge >= 0.3 is 0 Å². The van der Waals surface area contributed by atoms with E-state index in [4.69, 9.17) is 16.3 Å². The molecule has 6 rings (SSSR count). The lowest BCUT2D eigenvalue weighted by Gasteiger charge is -2.45. The van der Waals surface area contributed by atoms with Crippen molar-refractivity contribution in [3.8, 4) is 5.75 Å². The maximum Gasteiger partial charge on any atom is 0.262 e. The van der Waals surface area contributed by atoms with Crippen molar-refractivity contribution in [3.63, 3.8) is 0 Å². The normalized spacial score (nSPS) is 36.1. The number of nitrogens with one attached hydrogen (secondary N) is 1. The van der Waals surface area contributed by atoms with Gasteiger partial charge in [0, 0.05) is 44.6 Å². The van der Waals surface area contributed by atoms with Crippen molar-refractivity contribution >= 4 is 38.8 Å². The standard InChI is InChI=1S/C33H41ClN2O4S/c1-21-6-12-30(37)27-10-7-25(27)17-36-19-33(14-4-5-23-15-26(34)9-11-28(23)33)20-40-31-13-8-24(16-29(31)36)32(38)35-41(3,39)18-22(21)2/h6,8-9,11-13,15-16,21-22,25,27,30,37H,3-5,7,10,14,17-20H2,1-2H3,(H,35,38,39)/b12-6+/t21-,22+,25-,27+,30+,33-,41?/m0/s1. The predicted molar refractivity (Wildman–Crippen MR) is 168 cm³/mol. The highest BCUT2D eigenvalue weighted by Crippen LogP contribution is 2.46. The van der Waals surface area contributed by atoms with Crippen molar-refractivity contribution in [3.05, 3.63) is 70.3 Å². The number of nitrogens with zero attached hydrogens (tertiary/aromatic N) is 1. The molecule has 6 nitrogen and oxygen atoms in total. The third-order valence-electron chi connectivity index (χ3n) is 9.99. The van der Waals surface area contributed by atoms with Crippen molar-refractivity contribution in [2.24, 2.45) is 23.7 Å². The number of allylic oxidation sites excluding steroid dienone is 1. The van der Waals surface area contributed by atoms with Gasteiger partial charge in [0.2, 0.25) is 0 Å². The third-order valence-corrected chi connectivity index (χ3v) is 11.8. The fraction of sp³-hybridized carbons (Fsp3) is 0.515. The quantitative estimate of drug-likeness (QED) is 0.314. The molecule has 2 aromatic rings. The molecular weight excluding hydrogens is 556 g/mol. The molecule has 0 saturated heterocycles. The Hall–Kier alpha value is -2.48. The van der Waals surface area contributed by atoms with Crippen molar-refractivity contribution in [1.29, 1.82) is 0 Å². The molecule has 1 saturated carbocycles. The fourth-order valence-corrected chi connectivity index (χ4v) is 9.16. The first kappa shape index (κ1) is 28.6. The van der Waals surface area contributed by atoms with Crippen LogP contribution >= 0.6 is 11.6 Å². The Labute approximate surface area is 249 Å². The van der Waals surface area contributed by atoms with E-state index in [1.54, 1.807) is 6.07 Å². The van der Waals surface area contributed by atoms with Gasteiger partial charge in [-0.3, -0.25) is 9.52 Å². The summed E-state index contributed by atoms with van der Waals surface area (Å²) in [5.74, 6) is 5.12. The summed E-state index contributed by atoms with van der Waals surface area (Å²) in [6, 6.07) is 11.7. The van der Waals surface area contributed by atoms with E-state index in [-0.39, 0.29) is 34.8 Å². The molecule has 8 heteroatoms. The Morgan fingerprint density at radius 3 is 2.78 bits per heavy atom. The summed E-state index contributed by atoms with van der Waals surface area (Å²) in [4.78, 5) is 15.8. The molecule has 2 N–H and O–H groups in total. The number of carbonyl (C=O) groups is 1. The van der Waals surface area contributed by atoms with Gasteiger partial charge in [-0.1, -0.05) is 43.7 Å². The van der Waals surface area contributed by atoms with Crippen LogP contribution in [0.3, 0.4) is 0 Å². The second-order valence-electron chi connectivity index (χ2n) is 12.9. The minimum Gasteiger partial charge on any atom is -0.490 e. The van der Waals surface area contributed by atoms with Crippen molar-refractivity contribution in [2.45, 2.75) is 57.5 Å². The Balaban J connectivity index is 1.42. The number of aliphatic hydroxyl groups excluding tert-OH is 1. The molecule has 2 heterocycles. The van der Waals surface area contributed by atoms with E-state index in [0.29, 0.717) is 18.1 Å². The Morgan fingerprint density at radius 2 is 2.00 bits per heavy atom. The van der Waals surface area contributed by atoms with Crippen molar-refractivity contribution in [1.82, 2.24) is 4.72 Å². The van der Waals surface area contributed by atoms with Crippen molar-refractivity contribution in [2.75, 3.05) is 30.3 Å². The van der Waals surface area contributed by atoms with Gasteiger partial charge in [-0.05, 0) is 103 Å². The lowest BCUT2D eigenvalue weighted by molar-refractivity contribution is 0.0454. The van der Waals surface area contributed by atoms with Crippen LogP contribution < -0.4 is 14.4 Å². The van der Waals surface area contributed by atoms with E-state index in [1.165, 1.54) is 11.1 Å². The number of fused-ring (bicyclic) bond motifs is 4. The third kappa shape index (κ3) is 5.65. The number of aliphatic hydroxyl groups is 1. The Bertz CT molecular complexity index is 1470. The molecule has 0 radical (unpaired) electrons. The van der Waals surface area contributed by atoms with Crippen molar-refractivity contribution < 1.29 is 18.8 Å². The molecule has 41 heavy (non-hydrogen) atoms. The number of halogens is 1. The summed E-state index contributed by atoms with van der Waals surface area (Å²) >= 11 is 6.40. The maximum absolute atomic E-state index is 13.4. The molecule has 7 atom stereocenters. The van der Waals surface area contributed by atoms with Crippen LogP contribution in [0.25, 0.3) is 0 Å². The number of aryl methyl sites for hydroxylation is 1. The van der Waals surface area contributed by atoms with Gasteiger partial charge in [0.05, 0.1) is 18.4 Å². The minimum atomic E-state index is -2.86. The highest BCUT2D eigenvalue weighted by Gasteiger charge is 2.44. The fourth-order valence-electron chi connectivity index (χ4n) is 7.28. The average molecular weight is 597 g/mol. The van der Waals surface area contributed by atoms with Crippen LogP contribution in [0.4, 0.5) is 5.69 Å². The summed E-state index contributed by atoms with van der Waals surface area (Å²) in [5, 5.41) is 12.0. The zero-order chi connectivity index (χ0) is 28.9. The van der Waals surface area contributed by atoms with Crippen LogP contribution in [-0.2, 0) is 21.5 Å². The molecule has 4 aliphatic rings. The molecule has 1 unspecified atom stereocenters. The van der Waals surface area contributed by atoms with Crippen LogP contribution in [0.1, 0.15) is 61.0 Å². The maximum atomic E-state index is 13.4. The molecule has 1 amide bonds. The number of hydrogen-bond acceptors (Lipinski definition) is 5. The van der Waals surface area contributed by atoms with Gasteiger partial charge in [0.25, 0.3) is 5.91 Å². The first-order valence-corrected chi connectivity index (χ1v) is 17.2. The minimum absolute atomic E-state index is 0.0224. The Kier molecular flexibility index (Phi) is 7.66. The van der Waals surface area contributed by atoms with Crippen LogP contribution in [0, 0.1) is 23.7 Å². The number of anilines is 1. The van der Waals surface area contributed by atoms with Gasteiger partial charge in [-0.2, -0.15) is 0 Å². The van der Waals surface area contributed by atoms with Gasteiger partial charge < -0.3 is 14.7 Å². The lowest BCUT2D eigenvalue weighted by atomic mass is 9.68. The molecule has 2 bridgehead atoms. The molecule has 2 aromatic carbocycles. The monoisotopic (exact) mass is 596 g/mol. The summed E-state index contributed by atoms with van der Waals surface area (Å²) in [6.45, 7) is 6.12. The first-order chi connectivity index (χ1) is 19.5. The average Bonchev–Trinajstić information content (AvgIpc) is 3.05. The van der Waals surface area contributed by atoms with Gasteiger partial charge in [0.1, 0.15) is 5.75 Å². The number of hydrogen-bond donors (Lipinski definition) is 2. The summed E-state index contributed by atoms with van der Waals surface area (Å²) < 4.78 is 22.7. The van der Waals surface area contributed by atoms with E-state index in [2.05, 4.69) is 34.5 Å². The van der Waals surface area contributed by atoms with E-state index < -0.39 is 15.8 Å². The molecule has 0 aromatic heterocycles. The topological polar surface area (TPSA) is 78.9 Å². The summed E-state index contributed by atoms with van der Waals surface area (Å²) in [6.07, 6.45) is 8.52. The molecule has 220 valence electrons. The number of carbonyl (C=O) groups excluding carboxylic acids is 1. The smallest absolute Gasteiger partial charge is 0.262 e. The Morgan fingerprint density at radius 1 is 1.17 bits per heavy atom. The summed E-state index contributed by atoms with van der Waals surface area (Å²) in [7, 11) is -2.86. The number of amides is 1. The van der Waals surface area contributed by atoms with Crippen LogP contribution in [0.15, 0.2) is 48.6 Å². The molecular formula is C33H41ClN2O4S. The number of benzene rings is 2. The molecule has 1 fully saturated rings. The SMILES string of the molecule is C=S1(=O)C[C@@H](C)[C@@H](C)/C=C/[C@@H](O)[C@@H]2CC[C@H]2CN2C[C@@]3(CCCc4cc(Cl)ccc43)COc3ccc(cc32)C(=O)N1. The second-order valence-corrected chi connectivity index (χ2v) is 15.5. The molecule has 2 aliphatic heterocycles. The zero-order valence-corrected chi connectivity index (χ0v) is 25.6. The molecule has 2 aliphatic carbocycles. The van der Waals surface area contributed by atoms with Gasteiger partial charge in [-0.15, -0.1) is 0 Å². The van der Waals surface area contributed by atoms with Crippen LogP contribution in [0.2, 0.25) is 5.02 Å². The van der Waals surface area contributed by atoms with Crippen LogP contribution in [0.5, 0.6) is 5.75 Å². The molecule has 1 spiro atoms. The number of ether oxygens (including phenoxy) is 1. The second kappa shape index (κ2) is 11.0. The van der Waals surface area contributed by atoms with Crippen LogP contribution in [-0.4, -0.2) is 52.6 Å². The summed E-state index contributed by atoms with van der Waals surface area (Å²) in [5.41, 5.74) is 3.67. The zero-order valence-electron chi connectivity index (χ0n) is 24.0. The van der Waals surface area contributed by atoms with Gasteiger partial charge in [0.15, 0.2) is 0 Å². The first-order valence-electron chi connectivity index (χ1n) is 14.9. The van der Waals surface area contributed by atoms with E-state index >= 15 is 0 Å². The van der Waals surface area contributed by atoms with E-state index in [1.807, 2.05) is 37.3 Å². The predicted octanol–water partition coefficient (Wildman–Crippen LogP) is 5.40. The van der Waals surface area contributed by atoms with E-state index in [0.717, 1.165) is 61.7 Å². The highest BCUT2D eigenvalue weighted by atomic mass is 35.5. The largest absolute Gasteiger partial charge is 0.490 e.